The topological polar surface area (TPSA) is 34.1 Å². The Labute approximate surface area is 242 Å². The number of ketones is 2. The number of halogens is 4. The van der Waals surface area contributed by atoms with Crippen molar-refractivity contribution >= 4 is 58.0 Å². The van der Waals surface area contributed by atoms with Gasteiger partial charge in [-0.15, -0.1) is 0 Å². The summed E-state index contributed by atoms with van der Waals surface area (Å²) in [5, 5.41) is 2.25. The lowest BCUT2D eigenvalue weighted by Gasteiger charge is -2.25. The Bertz CT molecular complexity index is 1410. The summed E-state index contributed by atoms with van der Waals surface area (Å²) in [6.45, 7) is 0. The number of rotatable bonds is 2. The lowest BCUT2D eigenvalue weighted by atomic mass is 9.78. The van der Waals surface area contributed by atoms with Crippen LogP contribution in [0.2, 0.25) is 20.1 Å². The lowest BCUT2D eigenvalue weighted by molar-refractivity contribution is 0.0961. The van der Waals surface area contributed by atoms with Gasteiger partial charge in [0.25, 0.3) is 0 Å². The monoisotopic (exact) mass is 580 g/mol. The maximum atomic E-state index is 11.9. The molecule has 6 rings (SSSR count). The number of Topliss-reactive ketones (excluding diaryl/α,β-unsaturated/α-hetero) is 2. The van der Waals surface area contributed by atoms with Crippen LogP contribution in [0.25, 0.3) is 0 Å². The second kappa shape index (κ2) is 11.6. The number of carbonyl (C=O) groups excluding carboxylic acids is 2. The molecule has 0 radical (unpaired) electrons. The fourth-order valence-corrected chi connectivity index (χ4v) is 6.00. The Hall–Kier alpha value is -2.62. The maximum absolute atomic E-state index is 11.9. The van der Waals surface area contributed by atoms with E-state index >= 15 is 0 Å². The van der Waals surface area contributed by atoms with Crippen LogP contribution in [0.5, 0.6) is 0 Å². The van der Waals surface area contributed by atoms with Gasteiger partial charge in [0.15, 0.2) is 11.6 Å². The number of hydrogen-bond acceptors (Lipinski definition) is 2. The normalized spacial score (nSPS) is 18.2. The molecule has 0 heterocycles. The van der Waals surface area contributed by atoms with Gasteiger partial charge >= 0.3 is 0 Å². The minimum Gasteiger partial charge on any atom is -0.294 e. The highest BCUT2D eigenvalue weighted by Crippen LogP contribution is 2.39. The quantitative estimate of drug-likeness (QED) is 0.236. The van der Waals surface area contributed by atoms with Crippen LogP contribution in [0.4, 0.5) is 0 Å². The van der Waals surface area contributed by atoms with Crippen LogP contribution in [0.1, 0.15) is 80.5 Å². The molecule has 0 spiro atoms. The first kappa shape index (κ1) is 27.0. The molecule has 0 aromatic heterocycles. The summed E-state index contributed by atoms with van der Waals surface area (Å²) < 4.78 is 0. The van der Waals surface area contributed by atoms with Gasteiger partial charge in [0.2, 0.25) is 0 Å². The van der Waals surface area contributed by atoms with Crippen LogP contribution in [-0.4, -0.2) is 11.6 Å². The summed E-state index contributed by atoms with van der Waals surface area (Å²) in [5.41, 5.74) is 6.10. The molecule has 0 N–H and O–H groups in total. The van der Waals surface area contributed by atoms with Crippen LogP contribution in [0.3, 0.4) is 0 Å². The van der Waals surface area contributed by atoms with Gasteiger partial charge in [-0.1, -0.05) is 107 Å². The first-order valence-electron chi connectivity index (χ1n) is 12.5. The van der Waals surface area contributed by atoms with Crippen molar-refractivity contribution in [3.63, 3.8) is 0 Å². The SMILES string of the molecule is O=C1CC[C@H](c2ccc(Cl)c(Cl)c2)c2ccccc21.O=C1CC[C@H](c2ccc(Cl)c(Cl)c2)c2ccccc21. The fraction of sp³-hybridized carbons (Fsp3) is 0.188. The predicted octanol–water partition coefficient (Wildman–Crippen LogP) is 10.2. The first-order valence-corrected chi connectivity index (χ1v) is 14.0. The largest absolute Gasteiger partial charge is 0.294 e. The van der Waals surface area contributed by atoms with Crippen molar-refractivity contribution in [2.75, 3.05) is 0 Å². The third-order valence-electron chi connectivity index (χ3n) is 7.29. The molecule has 2 aliphatic rings. The molecule has 0 amide bonds. The molecule has 2 atom stereocenters. The van der Waals surface area contributed by atoms with Gasteiger partial charge in [-0.25, -0.2) is 0 Å². The van der Waals surface area contributed by atoms with E-state index < -0.39 is 0 Å². The van der Waals surface area contributed by atoms with E-state index in [2.05, 4.69) is 0 Å². The smallest absolute Gasteiger partial charge is 0.163 e. The molecule has 0 bridgehead atoms. The summed E-state index contributed by atoms with van der Waals surface area (Å²) in [6, 6.07) is 27.1. The highest BCUT2D eigenvalue weighted by atomic mass is 35.5. The van der Waals surface area contributed by atoms with Crippen LogP contribution >= 0.6 is 46.4 Å². The van der Waals surface area contributed by atoms with Crippen molar-refractivity contribution < 1.29 is 9.59 Å². The molecule has 4 aromatic carbocycles. The van der Waals surface area contributed by atoms with Gasteiger partial charge in [0.1, 0.15) is 0 Å². The molecule has 0 aliphatic heterocycles. The number of carbonyl (C=O) groups is 2. The first-order chi connectivity index (χ1) is 18.3. The third-order valence-corrected chi connectivity index (χ3v) is 8.76. The van der Waals surface area contributed by atoms with E-state index in [1.54, 1.807) is 0 Å². The molecule has 192 valence electrons. The summed E-state index contributed by atoms with van der Waals surface area (Å²) in [5.74, 6) is 0.908. The average Bonchev–Trinajstić information content (AvgIpc) is 2.93. The number of benzene rings is 4. The van der Waals surface area contributed by atoms with Crippen LogP contribution in [-0.2, 0) is 0 Å². The van der Waals surface area contributed by atoms with Crippen molar-refractivity contribution in [2.24, 2.45) is 0 Å². The zero-order valence-electron chi connectivity index (χ0n) is 20.4. The van der Waals surface area contributed by atoms with E-state index in [4.69, 9.17) is 46.4 Å². The molecule has 38 heavy (non-hydrogen) atoms. The van der Waals surface area contributed by atoms with Gasteiger partial charge in [-0.2, -0.15) is 0 Å². The van der Waals surface area contributed by atoms with Crippen LogP contribution in [0, 0.1) is 0 Å². The van der Waals surface area contributed by atoms with Gasteiger partial charge in [0, 0.05) is 35.8 Å². The van der Waals surface area contributed by atoms with Crippen molar-refractivity contribution in [2.45, 2.75) is 37.5 Å². The summed E-state index contributed by atoms with van der Waals surface area (Å²) >= 11 is 24.1. The van der Waals surface area contributed by atoms with E-state index in [1.807, 2.05) is 84.9 Å². The minimum atomic E-state index is 0.226. The van der Waals surface area contributed by atoms with Gasteiger partial charge in [-0.05, 0) is 59.4 Å². The highest BCUT2D eigenvalue weighted by molar-refractivity contribution is 6.42. The molecular weight excluding hydrogens is 558 g/mol. The molecule has 6 heteroatoms. The Balaban J connectivity index is 0.000000155. The van der Waals surface area contributed by atoms with Crippen molar-refractivity contribution in [3.8, 4) is 0 Å². The number of fused-ring (bicyclic) bond motifs is 2. The van der Waals surface area contributed by atoms with E-state index in [9.17, 15) is 9.59 Å². The van der Waals surface area contributed by atoms with E-state index in [1.165, 1.54) is 0 Å². The molecule has 0 unspecified atom stereocenters. The Morgan fingerprint density at radius 3 is 1.29 bits per heavy atom. The predicted molar refractivity (Wildman–Crippen MR) is 157 cm³/mol. The maximum Gasteiger partial charge on any atom is 0.163 e. The van der Waals surface area contributed by atoms with E-state index in [0.29, 0.717) is 32.9 Å². The molecule has 4 aromatic rings. The Kier molecular flexibility index (Phi) is 8.26. The van der Waals surface area contributed by atoms with Crippen molar-refractivity contribution in [1.82, 2.24) is 0 Å². The average molecular weight is 582 g/mol. The second-order valence-electron chi connectivity index (χ2n) is 9.55. The van der Waals surface area contributed by atoms with Gasteiger partial charge < -0.3 is 0 Å². The van der Waals surface area contributed by atoms with Gasteiger partial charge in [0.05, 0.1) is 20.1 Å². The molecule has 0 saturated carbocycles. The molecule has 0 fully saturated rings. The Morgan fingerprint density at radius 1 is 0.500 bits per heavy atom. The molecule has 2 aliphatic carbocycles. The zero-order chi connectivity index (χ0) is 26.8. The lowest BCUT2D eigenvalue weighted by Crippen LogP contribution is -2.16. The van der Waals surface area contributed by atoms with E-state index in [0.717, 1.165) is 46.2 Å². The molecule has 2 nitrogen and oxygen atoms in total. The number of hydrogen-bond donors (Lipinski definition) is 0. The fourth-order valence-electron chi connectivity index (χ4n) is 5.39. The minimum absolute atomic E-state index is 0.226. The molecular formula is C32H24Cl4O2. The van der Waals surface area contributed by atoms with Crippen molar-refractivity contribution in [3.05, 3.63) is 138 Å². The standard InChI is InChI=1S/2C16H12Cl2O/c2*17-14-7-5-10(9-15(14)18)11-6-8-16(19)13-4-2-1-3-12(11)13/h2*1-5,7,9,11H,6,8H2/t2*11-/m11/s1. The van der Waals surface area contributed by atoms with Crippen LogP contribution in [0.15, 0.2) is 84.9 Å². The van der Waals surface area contributed by atoms with Crippen LogP contribution < -0.4 is 0 Å². The zero-order valence-corrected chi connectivity index (χ0v) is 23.4. The summed E-state index contributed by atoms with van der Waals surface area (Å²) in [6.07, 6.45) is 2.82. The highest BCUT2D eigenvalue weighted by Gasteiger charge is 2.27. The summed E-state index contributed by atoms with van der Waals surface area (Å²) in [7, 11) is 0. The van der Waals surface area contributed by atoms with Crippen molar-refractivity contribution in [1.29, 1.82) is 0 Å². The van der Waals surface area contributed by atoms with Gasteiger partial charge in [-0.3, -0.25) is 9.59 Å². The second-order valence-corrected chi connectivity index (χ2v) is 11.2. The van der Waals surface area contributed by atoms with E-state index in [-0.39, 0.29) is 23.4 Å². The Morgan fingerprint density at radius 2 is 0.895 bits per heavy atom. The summed E-state index contributed by atoms with van der Waals surface area (Å²) in [4.78, 5) is 23.9. The molecule has 0 saturated heterocycles. The third kappa shape index (κ3) is 5.55.